The number of para-hydroxylation sites is 1. The summed E-state index contributed by atoms with van der Waals surface area (Å²) < 4.78 is 0. The summed E-state index contributed by atoms with van der Waals surface area (Å²) in [6, 6.07) is 7.58. The summed E-state index contributed by atoms with van der Waals surface area (Å²) >= 11 is 5.72. The summed E-state index contributed by atoms with van der Waals surface area (Å²) in [7, 11) is 0. The molecule has 0 unspecified atom stereocenters. The van der Waals surface area contributed by atoms with Crippen LogP contribution in [0.15, 0.2) is 18.2 Å². The van der Waals surface area contributed by atoms with Crippen molar-refractivity contribution in [3.63, 3.8) is 0 Å². The minimum absolute atomic E-state index is 0.577. The quantitative estimate of drug-likeness (QED) is 0.625. The monoisotopic (exact) mass is 356 g/mol. The minimum Gasteiger partial charge on any atom is -0.360 e. The SMILES string of the molecule is S=C(Nc1c(C2CCCC2)cccc1C1CCCC1)NC1CCCC1. The first kappa shape index (κ1) is 17.3. The summed E-state index contributed by atoms with van der Waals surface area (Å²) in [6.07, 6.45) is 16.1. The smallest absolute Gasteiger partial charge is 0.171 e. The average Bonchev–Trinajstić information content (AvgIpc) is 3.38. The predicted octanol–water partition coefficient (Wildman–Crippen LogP) is 6.23. The van der Waals surface area contributed by atoms with Gasteiger partial charge in [-0.15, -0.1) is 0 Å². The molecule has 4 rings (SSSR count). The highest BCUT2D eigenvalue weighted by Crippen LogP contribution is 2.44. The van der Waals surface area contributed by atoms with Gasteiger partial charge in [-0.3, -0.25) is 0 Å². The van der Waals surface area contributed by atoms with Crippen LogP contribution < -0.4 is 10.6 Å². The van der Waals surface area contributed by atoms with E-state index in [1.54, 1.807) is 0 Å². The molecule has 0 amide bonds. The van der Waals surface area contributed by atoms with Gasteiger partial charge in [0.15, 0.2) is 5.11 Å². The maximum atomic E-state index is 5.72. The highest BCUT2D eigenvalue weighted by molar-refractivity contribution is 7.80. The van der Waals surface area contributed by atoms with Gasteiger partial charge in [-0.2, -0.15) is 0 Å². The van der Waals surface area contributed by atoms with Gasteiger partial charge >= 0.3 is 0 Å². The summed E-state index contributed by atoms with van der Waals surface area (Å²) in [5.41, 5.74) is 4.41. The first-order valence-electron chi connectivity index (χ1n) is 10.5. The average molecular weight is 357 g/mol. The molecule has 3 aliphatic rings. The van der Waals surface area contributed by atoms with Crippen molar-refractivity contribution in [2.45, 2.75) is 94.9 Å². The molecule has 3 saturated carbocycles. The van der Waals surface area contributed by atoms with Crippen LogP contribution in [0, 0.1) is 0 Å². The zero-order chi connectivity index (χ0) is 17.1. The minimum atomic E-state index is 0.577. The molecule has 2 nitrogen and oxygen atoms in total. The fraction of sp³-hybridized carbons (Fsp3) is 0.682. The molecule has 0 aromatic heterocycles. The third-order valence-electron chi connectivity index (χ3n) is 6.65. The van der Waals surface area contributed by atoms with Crippen LogP contribution in [0.1, 0.15) is 100 Å². The first-order valence-corrected chi connectivity index (χ1v) is 10.9. The van der Waals surface area contributed by atoms with Crippen molar-refractivity contribution in [1.82, 2.24) is 5.32 Å². The van der Waals surface area contributed by atoms with E-state index < -0.39 is 0 Å². The molecule has 0 bridgehead atoms. The van der Waals surface area contributed by atoms with Crippen LogP contribution in [0.25, 0.3) is 0 Å². The van der Waals surface area contributed by atoms with E-state index in [2.05, 4.69) is 28.8 Å². The van der Waals surface area contributed by atoms with Crippen molar-refractivity contribution >= 4 is 23.0 Å². The second-order valence-corrected chi connectivity index (χ2v) is 8.76. The van der Waals surface area contributed by atoms with E-state index in [1.165, 1.54) is 93.9 Å². The normalized spacial score (nSPS) is 22.6. The van der Waals surface area contributed by atoms with Gasteiger partial charge in [0.2, 0.25) is 0 Å². The lowest BCUT2D eigenvalue weighted by Crippen LogP contribution is -2.36. The lowest BCUT2D eigenvalue weighted by atomic mass is 9.88. The molecule has 0 atom stereocenters. The topological polar surface area (TPSA) is 24.1 Å². The maximum Gasteiger partial charge on any atom is 0.171 e. The van der Waals surface area contributed by atoms with Crippen molar-refractivity contribution in [3.05, 3.63) is 29.3 Å². The van der Waals surface area contributed by atoms with Crippen molar-refractivity contribution in [3.8, 4) is 0 Å². The van der Waals surface area contributed by atoms with Gasteiger partial charge in [0.25, 0.3) is 0 Å². The highest BCUT2D eigenvalue weighted by atomic mass is 32.1. The number of anilines is 1. The summed E-state index contributed by atoms with van der Waals surface area (Å²) in [5, 5.41) is 8.11. The summed E-state index contributed by atoms with van der Waals surface area (Å²) in [5.74, 6) is 1.44. The van der Waals surface area contributed by atoms with Crippen LogP contribution in [0.2, 0.25) is 0 Å². The molecule has 0 saturated heterocycles. The molecule has 0 radical (unpaired) electrons. The third kappa shape index (κ3) is 4.02. The number of hydrogen-bond donors (Lipinski definition) is 2. The Labute approximate surface area is 158 Å². The molecule has 1 aromatic rings. The van der Waals surface area contributed by atoms with E-state index in [4.69, 9.17) is 12.2 Å². The first-order chi connectivity index (χ1) is 12.3. The van der Waals surface area contributed by atoms with Crippen molar-refractivity contribution in [1.29, 1.82) is 0 Å². The molecule has 3 aliphatic carbocycles. The Bertz CT molecular complexity index is 560. The lowest BCUT2D eigenvalue weighted by molar-refractivity contribution is 0.634. The zero-order valence-electron chi connectivity index (χ0n) is 15.4. The Morgan fingerprint density at radius 2 is 1.24 bits per heavy atom. The molecular weight excluding hydrogens is 324 g/mol. The van der Waals surface area contributed by atoms with Gasteiger partial charge < -0.3 is 10.6 Å². The van der Waals surface area contributed by atoms with E-state index >= 15 is 0 Å². The largest absolute Gasteiger partial charge is 0.360 e. The molecule has 0 heterocycles. The van der Waals surface area contributed by atoms with Gasteiger partial charge in [0, 0.05) is 11.7 Å². The molecule has 3 heteroatoms. The Kier molecular flexibility index (Phi) is 5.60. The van der Waals surface area contributed by atoms with Crippen LogP contribution >= 0.6 is 12.2 Å². The van der Waals surface area contributed by atoms with E-state index in [-0.39, 0.29) is 0 Å². The second kappa shape index (κ2) is 8.07. The van der Waals surface area contributed by atoms with Crippen LogP contribution in [0.5, 0.6) is 0 Å². The van der Waals surface area contributed by atoms with Crippen molar-refractivity contribution in [2.24, 2.45) is 0 Å². The Morgan fingerprint density at radius 1 is 0.760 bits per heavy atom. The fourth-order valence-corrected chi connectivity index (χ4v) is 5.56. The van der Waals surface area contributed by atoms with E-state index in [0.717, 1.165) is 16.9 Å². The standard InChI is InChI=1S/C22H32N2S/c25-22(23-18-12-5-6-13-18)24-21-19(16-8-1-2-9-16)14-7-15-20(21)17-10-3-4-11-17/h7,14-18H,1-6,8-13H2,(H2,23,24,25). The van der Waals surface area contributed by atoms with E-state index in [1.807, 2.05) is 0 Å². The van der Waals surface area contributed by atoms with Crippen LogP contribution in [0.4, 0.5) is 5.69 Å². The van der Waals surface area contributed by atoms with Crippen LogP contribution in [0.3, 0.4) is 0 Å². The second-order valence-electron chi connectivity index (χ2n) is 8.35. The molecule has 3 fully saturated rings. The fourth-order valence-electron chi connectivity index (χ4n) is 5.29. The Morgan fingerprint density at radius 3 is 1.76 bits per heavy atom. The van der Waals surface area contributed by atoms with Gasteiger partial charge in [0.05, 0.1) is 0 Å². The maximum absolute atomic E-state index is 5.72. The highest BCUT2D eigenvalue weighted by Gasteiger charge is 2.26. The van der Waals surface area contributed by atoms with Gasteiger partial charge in [-0.1, -0.05) is 56.7 Å². The molecule has 2 N–H and O–H groups in total. The number of hydrogen-bond acceptors (Lipinski definition) is 1. The molecule has 0 aliphatic heterocycles. The van der Waals surface area contributed by atoms with Gasteiger partial charge in [-0.05, 0) is 73.7 Å². The number of benzene rings is 1. The Balaban J connectivity index is 1.58. The van der Waals surface area contributed by atoms with E-state index in [9.17, 15) is 0 Å². The molecule has 1 aromatic carbocycles. The van der Waals surface area contributed by atoms with Crippen molar-refractivity contribution < 1.29 is 0 Å². The lowest BCUT2D eigenvalue weighted by Gasteiger charge is -2.25. The zero-order valence-corrected chi connectivity index (χ0v) is 16.2. The molecule has 0 spiro atoms. The summed E-state index contributed by atoms with van der Waals surface area (Å²) in [6.45, 7) is 0. The molecule has 136 valence electrons. The van der Waals surface area contributed by atoms with E-state index in [0.29, 0.717) is 6.04 Å². The number of rotatable bonds is 4. The van der Waals surface area contributed by atoms with Crippen molar-refractivity contribution in [2.75, 3.05) is 5.32 Å². The molecule has 25 heavy (non-hydrogen) atoms. The third-order valence-corrected chi connectivity index (χ3v) is 6.87. The molecular formula is C22H32N2S. The number of nitrogens with one attached hydrogen (secondary N) is 2. The number of thiocarbonyl (C=S) groups is 1. The van der Waals surface area contributed by atoms with Crippen LogP contribution in [-0.4, -0.2) is 11.2 Å². The Hall–Kier alpha value is -1.09. The van der Waals surface area contributed by atoms with Gasteiger partial charge in [-0.25, -0.2) is 0 Å². The van der Waals surface area contributed by atoms with Gasteiger partial charge in [0.1, 0.15) is 0 Å². The predicted molar refractivity (Wildman–Crippen MR) is 110 cm³/mol. The summed E-state index contributed by atoms with van der Waals surface area (Å²) in [4.78, 5) is 0. The van der Waals surface area contributed by atoms with Crippen LogP contribution in [-0.2, 0) is 0 Å².